The summed E-state index contributed by atoms with van der Waals surface area (Å²) < 4.78 is 20.2. The second kappa shape index (κ2) is 4.98. The van der Waals surface area contributed by atoms with Crippen LogP contribution in [0.15, 0.2) is 29.3 Å². The Morgan fingerprint density at radius 1 is 1.40 bits per heavy atom. The van der Waals surface area contributed by atoms with E-state index in [1.165, 1.54) is 24.5 Å². The fraction of sp³-hybridized carbons (Fsp3) is 0.467. The zero-order valence-electron chi connectivity index (χ0n) is 11.4. The number of fused-ring (bicyclic) bond motifs is 1. The number of hydrogen-bond donors (Lipinski definition) is 0. The lowest BCUT2D eigenvalue weighted by atomic mass is 9.98. The smallest absolute Gasteiger partial charge is 0.261 e. The predicted octanol–water partition coefficient (Wildman–Crippen LogP) is 2.45. The van der Waals surface area contributed by atoms with Gasteiger partial charge in [-0.25, -0.2) is 9.37 Å². The Morgan fingerprint density at radius 2 is 2.15 bits per heavy atom. The van der Waals surface area contributed by atoms with Gasteiger partial charge in [0.1, 0.15) is 5.82 Å². The van der Waals surface area contributed by atoms with Gasteiger partial charge in [-0.15, -0.1) is 0 Å². The van der Waals surface area contributed by atoms with Crippen LogP contribution in [0.1, 0.15) is 25.7 Å². The molecule has 4 nitrogen and oxygen atoms in total. The summed E-state index contributed by atoms with van der Waals surface area (Å²) in [6, 6.07) is 4.10. The predicted molar refractivity (Wildman–Crippen MR) is 74.3 cm³/mol. The van der Waals surface area contributed by atoms with Gasteiger partial charge < -0.3 is 4.74 Å². The lowest BCUT2D eigenvalue weighted by Crippen LogP contribution is -2.42. The first kappa shape index (κ1) is 13.2. The van der Waals surface area contributed by atoms with E-state index in [2.05, 4.69) is 4.98 Å². The minimum atomic E-state index is -0.380. The highest BCUT2D eigenvalue weighted by molar-refractivity contribution is 5.77. The summed E-state index contributed by atoms with van der Waals surface area (Å²) in [5.41, 5.74) is -0.0210. The second-order valence-electron chi connectivity index (χ2n) is 5.45. The number of halogens is 1. The lowest BCUT2D eigenvalue weighted by Gasteiger charge is -2.30. The van der Waals surface area contributed by atoms with Crippen molar-refractivity contribution in [3.63, 3.8) is 0 Å². The van der Waals surface area contributed by atoms with Crippen molar-refractivity contribution in [1.29, 1.82) is 0 Å². The molecule has 2 aromatic rings. The van der Waals surface area contributed by atoms with E-state index in [9.17, 15) is 9.18 Å². The molecule has 1 saturated carbocycles. The molecule has 0 atom stereocenters. The molecule has 0 amide bonds. The van der Waals surface area contributed by atoms with Gasteiger partial charge in [0.15, 0.2) is 0 Å². The number of hydrogen-bond acceptors (Lipinski definition) is 3. The van der Waals surface area contributed by atoms with Crippen LogP contribution in [-0.4, -0.2) is 23.3 Å². The summed E-state index contributed by atoms with van der Waals surface area (Å²) in [4.78, 5) is 16.9. The first-order valence-corrected chi connectivity index (χ1v) is 6.83. The van der Waals surface area contributed by atoms with Crippen LogP contribution in [0, 0.1) is 5.82 Å². The van der Waals surface area contributed by atoms with Crippen molar-refractivity contribution in [1.82, 2.24) is 9.55 Å². The largest absolute Gasteiger partial charge is 0.382 e. The average Bonchev–Trinajstić information content (AvgIpc) is 2.89. The van der Waals surface area contributed by atoms with Gasteiger partial charge >= 0.3 is 0 Å². The standard InChI is InChI=1S/C15H17FN2O2/c1-20-9-15(6-2-3-7-15)18-10-17-13-8-11(16)4-5-12(13)14(18)19/h4-5,8,10H,2-3,6-7,9H2,1H3. The van der Waals surface area contributed by atoms with Crippen molar-refractivity contribution in [2.45, 2.75) is 31.2 Å². The Labute approximate surface area is 116 Å². The molecule has 20 heavy (non-hydrogen) atoms. The maximum atomic E-state index is 13.2. The highest BCUT2D eigenvalue weighted by Gasteiger charge is 2.36. The molecule has 0 radical (unpaired) electrons. The molecule has 0 saturated heterocycles. The third-order valence-electron chi connectivity index (χ3n) is 4.18. The fourth-order valence-corrected chi connectivity index (χ4v) is 3.19. The Kier molecular flexibility index (Phi) is 3.30. The molecule has 1 aromatic carbocycles. The first-order chi connectivity index (χ1) is 9.66. The van der Waals surface area contributed by atoms with Crippen LogP contribution in [0.5, 0.6) is 0 Å². The Balaban J connectivity index is 2.19. The number of rotatable bonds is 3. The summed E-state index contributed by atoms with van der Waals surface area (Å²) in [6.45, 7) is 0.501. The third kappa shape index (κ3) is 2.02. The van der Waals surface area contributed by atoms with Crippen LogP contribution in [0.2, 0.25) is 0 Å². The van der Waals surface area contributed by atoms with Gasteiger partial charge in [0.05, 0.1) is 29.4 Å². The van der Waals surface area contributed by atoms with Crippen LogP contribution >= 0.6 is 0 Å². The molecule has 0 N–H and O–H groups in total. The summed E-state index contributed by atoms with van der Waals surface area (Å²) in [7, 11) is 1.65. The van der Waals surface area contributed by atoms with Crippen molar-refractivity contribution >= 4 is 10.9 Å². The van der Waals surface area contributed by atoms with E-state index < -0.39 is 0 Å². The Hall–Kier alpha value is -1.75. The highest BCUT2D eigenvalue weighted by Crippen LogP contribution is 2.35. The van der Waals surface area contributed by atoms with Crippen molar-refractivity contribution in [3.05, 3.63) is 40.7 Å². The molecule has 1 aliphatic carbocycles. The quantitative estimate of drug-likeness (QED) is 0.865. The van der Waals surface area contributed by atoms with Gasteiger partial charge in [0, 0.05) is 13.2 Å². The summed E-state index contributed by atoms with van der Waals surface area (Å²) >= 11 is 0. The molecule has 1 fully saturated rings. The first-order valence-electron chi connectivity index (χ1n) is 6.83. The maximum absolute atomic E-state index is 13.2. The van der Waals surface area contributed by atoms with Gasteiger partial charge in [-0.3, -0.25) is 9.36 Å². The molecular weight excluding hydrogens is 259 g/mol. The SMILES string of the molecule is COCC1(n2cnc3cc(F)ccc3c2=O)CCCC1. The minimum Gasteiger partial charge on any atom is -0.382 e. The monoisotopic (exact) mass is 276 g/mol. The molecule has 0 bridgehead atoms. The zero-order valence-corrected chi connectivity index (χ0v) is 11.4. The lowest BCUT2D eigenvalue weighted by molar-refractivity contribution is 0.0868. The van der Waals surface area contributed by atoms with Crippen molar-refractivity contribution < 1.29 is 9.13 Å². The molecule has 0 spiro atoms. The third-order valence-corrected chi connectivity index (χ3v) is 4.18. The molecule has 3 rings (SSSR count). The topological polar surface area (TPSA) is 44.1 Å². The van der Waals surface area contributed by atoms with E-state index in [0.29, 0.717) is 17.5 Å². The zero-order chi connectivity index (χ0) is 14.2. The summed E-state index contributed by atoms with van der Waals surface area (Å²) in [5.74, 6) is -0.380. The van der Waals surface area contributed by atoms with Crippen molar-refractivity contribution in [2.24, 2.45) is 0 Å². The van der Waals surface area contributed by atoms with Crippen LogP contribution in [0.25, 0.3) is 10.9 Å². The van der Waals surface area contributed by atoms with Crippen LogP contribution < -0.4 is 5.56 Å². The van der Waals surface area contributed by atoms with Gasteiger partial charge in [0.25, 0.3) is 5.56 Å². The number of ether oxygens (including phenoxy) is 1. The molecular formula is C15H17FN2O2. The number of benzene rings is 1. The molecule has 1 heterocycles. The molecule has 0 aliphatic heterocycles. The van der Waals surface area contributed by atoms with Crippen molar-refractivity contribution in [2.75, 3.05) is 13.7 Å². The van der Waals surface area contributed by atoms with E-state index in [0.717, 1.165) is 25.7 Å². The van der Waals surface area contributed by atoms with E-state index in [1.54, 1.807) is 11.7 Å². The van der Waals surface area contributed by atoms with E-state index in [1.807, 2.05) is 0 Å². The van der Waals surface area contributed by atoms with Gasteiger partial charge in [0.2, 0.25) is 0 Å². The molecule has 5 heteroatoms. The minimum absolute atomic E-state index is 0.117. The highest BCUT2D eigenvalue weighted by atomic mass is 19.1. The summed E-state index contributed by atoms with van der Waals surface area (Å²) in [6.07, 6.45) is 5.52. The number of aromatic nitrogens is 2. The van der Waals surface area contributed by atoms with Gasteiger partial charge in [-0.2, -0.15) is 0 Å². The van der Waals surface area contributed by atoms with Crippen molar-refractivity contribution in [3.8, 4) is 0 Å². The molecule has 1 aliphatic rings. The van der Waals surface area contributed by atoms with Crippen LogP contribution in [0.3, 0.4) is 0 Å². The molecule has 1 aromatic heterocycles. The van der Waals surface area contributed by atoms with Gasteiger partial charge in [-0.05, 0) is 25.0 Å². The Morgan fingerprint density at radius 3 is 2.85 bits per heavy atom. The molecule has 106 valence electrons. The van der Waals surface area contributed by atoms with E-state index in [-0.39, 0.29) is 16.9 Å². The molecule has 0 unspecified atom stereocenters. The summed E-state index contributed by atoms with van der Waals surface area (Å²) in [5, 5.41) is 0.455. The second-order valence-corrected chi connectivity index (χ2v) is 5.45. The normalized spacial score (nSPS) is 17.7. The maximum Gasteiger partial charge on any atom is 0.261 e. The average molecular weight is 276 g/mol. The number of methoxy groups -OCH3 is 1. The van der Waals surface area contributed by atoms with Crippen LogP contribution in [-0.2, 0) is 10.3 Å². The van der Waals surface area contributed by atoms with E-state index in [4.69, 9.17) is 4.74 Å². The van der Waals surface area contributed by atoms with Crippen LogP contribution in [0.4, 0.5) is 4.39 Å². The van der Waals surface area contributed by atoms with E-state index >= 15 is 0 Å². The fourth-order valence-electron chi connectivity index (χ4n) is 3.19. The van der Waals surface area contributed by atoms with Gasteiger partial charge in [-0.1, -0.05) is 12.8 Å². The Bertz CT molecular complexity index is 690. The number of nitrogens with zero attached hydrogens (tertiary/aromatic N) is 2.